The second-order valence-corrected chi connectivity index (χ2v) is 6.40. The summed E-state index contributed by atoms with van der Waals surface area (Å²) in [5, 5.41) is 8.20. The fraction of sp³-hybridized carbons (Fsp3) is 0.800. The number of hydrogen-bond acceptors (Lipinski definition) is 5. The van der Waals surface area contributed by atoms with E-state index in [2.05, 4.69) is 31.1 Å². The molecule has 1 aromatic heterocycles. The Morgan fingerprint density at radius 3 is 2.81 bits per heavy atom. The van der Waals surface area contributed by atoms with E-state index in [0.717, 1.165) is 31.6 Å². The quantitative estimate of drug-likeness (QED) is 0.780. The molecule has 1 aromatic rings. The first-order valence-corrected chi connectivity index (χ1v) is 7.66. The number of carbonyl (C=O) groups excluding carboxylic acids is 1. The molecule has 21 heavy (non-hydrogen) atoms. The summed E-state index contributed by atoms with van der Waals surface area (Å²) >= 11 is 0. The number of aryl methyl sites for hydroxylation is 1. The highest BCUT2D eigenvalue weighted by molar-refractivity contribution is 5.88. The maximum atomic E-state index is 12.0. The van der Waals surface area contributed by atoms with Gasteiger partial charge in [0.15, 0.2) is 5.69 Å². The number of ether oxygens (including phenoxy) is 2. The molecule has 0 radical (unpaired) electrons. The lowest BCUT2D eigenvalue weighted by molar-refractivity contribution is 0.0516. The average Bonchev–Trinajstić information content (AvgIpc) is 3.05. The highest BCUT2D eigenvalue weighted by Gasteiger charge is 2.30. The molecule has 0 N–H and O–H groups in total. The van der Waals surface area contributed by atoms with Crippen LogP contribution < -0.4 is 0 Å². The molecule has 0 amide bonds. The fourth-order valence-corrected chi connectivity index (χ4v) is 2.69. The molecule has 1 unspecified atom stereocenters. The Labute approximate surface area is 125 Å². The molecule has 118 valence electrons. The molecule has 6 nitrogen and oxygen atoms in total. The van der Waals surface area contributed by atoms with Gasteiger partial charge in [0.1, 0.15) is 0 Å². The van der Waals surface area contributed by atoms with Gasteiger partial charge in [-0.05, 0) is 26.2 Å². The summed E-state index contributed by atoms with van der Waals surface area (Å²) in [6.07, 6.45) is 3.43. The third-order valence-electron chi connectivity index (χ3n) is 3.60. The molecule has 0 bridgehead atoms. The molecule has 2 rings (SSSR count). The predicted molar refractivity (Wildman–Crippen MR) is 78.3 cm³/mol. The van der Waals surface area contributed by atoms with E-state index >= 15 is 0 Å². The Kier molecular flexibility index (Phi) is 4.98. The molecule has 0 saturated carbocycles. The molecule has 0 aliphatic carbocycles. The normalized spacial score (nSPS) is 19.0. The average molecular weight is 295 g/mol. The number of hydrogen-bond donors (Lipinski definition) is 0. The van der Waals surface area contributed by atoms with Crippen molar-refractivity contribution in [2.24, 2.45) is 0 Å². The lowest BCUT2D eigenvalue weighted by Crippen LogP contribution is -2.23. The van der Waals surface area contributed by atoms with Crippen molar-refractivity contribution in [3.8, 4) is 0 Å². The Balaban J connectivity index is 2.18. The van der Waals surface area contributed by atoms with E-state index in [1.165, 1.54) is 0 Å². The second kappa shape index (κ2) is 6.56. The zero-order chi connectivity index (χ0) is 15.5. The summed E-state index contributed by atoms with van der Waals surface area (Å²) in [5.41, 5.74) is 0.943. The number of esters is 1. The van der Waals surface area contributed by atoms with Crippen LogP contribution in [0.5, 0.6) is 0 Å². The van der Waals surface area contributed by atoms with Crippen molar-refractivity contribution in [1.29, 1.82) is 0 Å². The number of nitrogens with zero attached hydrogens (tertiary/aromatic N) is 3. The standard InChI is InChI=1S/C15H25N3O3/c1-5-20-14(19)12-13(15(2,3)4)18(17-16-12)9-8-11-7-6-10-21-11/h11H,5-10H2,1-4H3. The van der Waals surface area contributed by atoms with Gasteiger partial charge in [-0.15, -0.1) is 5.10 Å². The molecule has 1 aliphatic heterocycles. The van der Waals surface area contributed by atoms with Crippen LogP contribution in [0.1, 0.15) is 63.1 Å². The predicted octanol–water partition coefficient (Wildman–Crippen LogP) is 2.32. The van der Waals surface area contributed by atoms with E-state index in [0.29, 0.717) is 24.9 Å². The van der Waals surface area contributed by atoms with Crippen LogP contribution >= 0.6 is 0 Å². The lowest BCUT2D eigenvalue weighted by Gasteiger charge is -2.21. The van der Waals surface area contributed by atoms with Gasteiger partial charge in [0.2, 0.25) is 0 Å². The third-order valence-corrected chi connectivity index (χ3v) is 3.60. The minimum absolute atomic E-state index is 0.220. The SMILES string of the molecule is CCOC(=O)c1nnn(CCC2CCCO2)c1C(C)(C)C. The van der Waals surface area contributed by atoms with Crippen LogP contribution in [0.4, 0.5) is 0 Å². The minimum atomic E-state index is -0.397. The maximum Gasteiger partial charge on any atom is 0.360 e. The summed E-state index contributed by atoms with van der Waals surface area (Å²) in [4.78, 5) is 12.0. The topological polar surface area (TPSA) is 66.2 Å². The molecule has 0 aromatic carbocycles. The van der Waals surface area contributed by atoms with Crippen molar-refractivity contribution in [3.63, 3.8) is 0 Å². The van der Waals surface area contributed by atoms with Gasteiger partial charge in [-0.1, -0.05) is 26.0 Å². The Bertz CT molecular complexity index is 485. The summed E-state index contributed by atoms with van der Waals surface area (Å²) < 4.78 is 12.5. The molecular formula is C15H25N3O3. The largest absolute Gasteiger partial charge is 0.461 e. The lowest BCUT2D eigenvalue weighted by atomic mass is 9.90. The molecular weight excluding hydrogens is 270 g/mol. The van der Waals surface area contributed by atoms with Gasteiger partial charge in [0, 0.05) is 18.6 Å². The number of aromatic nitrogens is 3. The van der Waals surface area contributed by atoms with E-state index < -0.39 is 5.97 Å². The first-order valence-electron chi connectivity index (χ1n) is 7.66. The van der Waals surface area contributed by atoms with E-state index in [1.54, 1.807) is 6.92 Å². The molecule has 1 fully saturated rings. The Hall–Kier alpha value is -1.43. The van der Waals surface area contributed by atoms with E-state index in [1.807, 2.05) is 4.68 Å². The zero-order valence-electron chi connectivity index (χ0n) is 13.4. The van der Waals surface area contributed by atoms with Crippen molar-refractivity contribution in [3.05, 3.63) is 11.4 Å². The number of carbonyl (C=O) groups is 1. The molecule has 0 spiro atoms. The smallest absolute Gasteiger partial charge is 0.360 e. The van der Waals surface area contributed by atoms with Crippen molar-refractivity contribution < 1.29 is 14.3 Å². The fourth-order valence-electron chi connectivity index (χ4n) is 2.69. The highest BCUT2D eigenvalue weighted by atomic mass is 16.5. The first kappa shape index (κ1) is 15.9. The summed E-state index contributed by atoms with van der Waals surface area (Å²) in [6.45, 7) is 9.85. The Morgan fingerprint density at radius 1 is 1.48 bits per heavy atom. The van der Waals surface area contributed by atoms with Gasteiger partial charge in [0.25, 0.3) is 0 Å². The van der Waals surface area contributed by atoms with Gasteiger partial charge in [-0.3, -0.25) is 0 Å². The summed E-state index contributed by atoms with van der Waals surface area (Å²) in [7, 11) is 0. The Morgan fingerprint density at radius 2 is 2.24 bits per heavy atom. The van der Waals surface area contributed by atoms with Crippen molar-refractivity contribution in [1.82, 2.24) is 15.0 Å². The van der Waals surface area contributed by atoms with E-state index in [4.69, 9.17) is 9.47 Å². The van der Waals surface area contributed by atoms with Gasteiger partial charge < -0.3 is 9.47 Å². The number of rotatable bonds is 5. The molecule has 1 saturated heterocycles. The first-order chi connectivity index (χ1) is 9.93. The van der Waals surface area contributed by atoms with Crippen LogP contribution in [0.3, 0.4) is 0 Å². The van der Waals surface area contributed by atoms with Crippen LogP contribution in [0, 0.1) is 0 Å². The van der Waals surface area contributed by atoms with E-state index in [-0.39, 0.29) is 5.41 Å². The van der Waals surface area contributed by atoms with Crippen LogP contribution in [-0.2, 0) is 21.4 Å². The van der Waals surface area contributed by atoms with Crippen molar-refractivity contribution in [2.45, 2.75) is 65.0 Å². The van der Waals surface area contributed by atoms with Crippen LogP contribution in [-0.4, -0.2) is 40.3 Å². The van der Waals surface area contributed by atoms with Crippen molar-refractivity contribution >= 4 is 5.97 Å². The molecule has 1 atom stereocenters. The molecule has 1 aliphatic rings. The summed E-state index contributed by atoms with van der Waals surface area (Å²) in [6, 6.07) is 0. The zero-order valence-corrected chi connectivity index (χ0v) is 13.4. The van der Waals surface area contributed by atoms with Gasteiger partial charge in [-0.2, -0.15) is 0 Å². The minimum Gasteiger partial charge on any atom is -0.461 e. The molecule has 6 heteroatoms. The van der Waals surface area contributed by atoms with Gasteiger partial charge in [-0.25, -0.2) is 9.48 Å². The van der Waals surface area contributed by atoms with Crippen LogP contribution in [0.25, 0.3) is 0 Å². The van der Waals surface area contributed by atoms with Crippen LogP contribution in [0.15, 0.2) is 0 Å². The summed E-state index contributed by atoms with van der Waals surface area (Å²) in [5.74, 6) is -0.397. The highest BCUT2D eigenvalue weighted by Crippen LogP contribution is 2.26. The van der Waals surface area contributed by atoms with Crippen LogP contribution in [0.2, 0.25) is 0 Å². The van der Waals surface area contributed by atoms with E-state index in [9.17, 15) is 4.79 Å². The second-order valence-electron chi connectivity index (χ2n) is 6.40. The van der Waals surface area contributed by atoms with Gasteiger partial charge in [0.05, 0.1) is 18.4 Å². The maximum absolute atomic E-state index is 12.0. The van der Waals surface area contributed by atoms with Gasteiger partial charge >= 0.3 is 5.97 Å². The molecule has 2 heterocycles. The third kappa shape index (κ3) is 3.81. The monoisotopic (exact) mass is 295 g/mol. The van der Waals surface area contributed by atoms with Crippen molar-refractivity contribution in [2.75, 3.05) is 13.2 Å².